The van der Waals surface area contributed by atoms with Gasteiger partial charge in [-0.05, 0) is 24.3 Å². The Labute approximate surface area is 252 Å². The molecule has 0 N–H and O–H groups in total. The van der Waals surface area contributed by atoms with Crippen molar-refractivity contribution in [1.29, 1.82) is 0 Å². The maximum Gasteiger partial charge on any atom is 0.460 e. The van der Waals surface area contributed by atoms with Crippen LogP contribution in [0.4, 0.5) is 83.4 Å². The second-order valence-corrected chi connectivity index (χ2v) is 9.08. The lowest BCUT2D eigenvalue weighted by Crippen LogP contribution is -2.63. The maximum absolute atomic E-state index is 13.3. The third kappa shape index (κ3) is 8.62. The van der Waals surface area contributed by atoms with E-state index in [1.807, 2.05) is 0 Å². The Morgan fingerprint density at radius 3 is 1.04 bits per heavy atom. The number of carbonyl (C=O) groups excluding carboxylic acids is 4. The molecule has 0 unspecified atom stereocenters. The normalized spacial score (nSPS) is 13.2. The lowest BCUT2D eigenvalue weighted by Gasteiger charge is -2.32. The minimum absolute atomic E-state index is 0.208. The maximum atomic E-state index is 13.3. The van der Waals surface area contributed by atoms with Crippen molar-refractivity contribution in [2.45, 2.75) is 55.1 Å². The number of rotatable bonds is 12. The van der Waals surface area contributed by atoms with Crippen LogP contribution in [0.5, 0.6) is 0 Å². The Balaban J connectivity index is 0.000000487. The monoisotopic (exact) mass is 736 g/mol. The highest BCUT2D eigenvalue weighted by Crippen LogP contribution is 2.53. The number of ketones is 4. The minimum Gasteiger partial charge on any atom is -0.294 e. The first-order valence-corrected chi connectivity index (χ1v) is 11.6. The molecule has 0 radical (unpaired) electrons. The minimum atomic E-state index is -7.30. The molecule has 268 valence electrons. The SMILES string of the molecule is O=C(CC(=O)C(F)(F)C(F)(F)C(F)(F)C(F)(F)F)c1cc(F)cc(F)c1.O=C(CC(=O)C(F)(F)C(F)(F)C(F)F)c1cc(F)cc(F)c1. The Hall–Kier alpha value is -4.21. The summed E-state index contributed by atoms with van der Waals surface area (Å²) in [6.45, 7) is 0. The van der Waals surface area contributed by atoms with Crippen molar-refractivity contribution < 1.29 is 103 Å². The molecule has 0 atom stereocenters. The Morgan fingerprint density at radius 2 is 0.771 bits per heavy atom. The van der Waals surface area contributed by atoms with Gasteiger partial charge in [-0.1, -0.05) is 0 Å². The highest BCUT2D eigenvalue weighted by atomic mass is 19.4. The molecule has 4 nitrogen and oxygen atoms in total. The molecule has 0 bridgehead atoms. The molecule has 2 rings (SSSR count). The summed E-state index contributed by atoms with van der Waals surface area (Å²) in [5, 5.41) is 0. The highest BCUT2D eigenvalue weighted by Gasteiger charge is 2.83. The summed E-state index contributed by atoms with van der Waals surface area (Å²) in [5.74, 6) is -47.9. The number of carbonyl (C=O) groups is 4. The second kappa shape index (κ2) is 14.1. The van der Waals surface area contributed by atoms with Crippen molar-refractivity contribution in [2.75, 3.05) is 0 Å². The third-order valence-corrected chi connectivity index (χ3v) is 5.55. The molecule has 0 heterocycles. The van der Waals surface area contributed by atoms with E-state index in [0.717, 1.165) is 0 Å². The smallest absolute Gasteiger partial charge is 0.294 e. The molecule has 0 aliphatic rings. The van der Waals surface area contributed by atoms with Gasteiger partial charge in [-0.15, -0.1) is 0 Å². The van der Waals surface area contributed by atoms with Crippen molar-refractivity contribution in [2.24, 2.45) is 0 Å². The van der Waals surface area contributed by atoms with E-state index >= 15 is 0 Å². The average molecular weight is 736 g/mol. The molecule has 0 fully saturated rings. The van der Waals surface area contributed by atoms with E-state index in [9.17, 15) is 103 Å². The molecule has 0 saturated carbocycles. The Morgan fingerprint density at radius 1 is 0.479 bits per heavy atom. The average Bonchev–Trinajstić information content (AvgIpc) is 2.91. The number of hydrogen-bond acceptors (Lipinski definition) is 4. The van der Waals surface area contributed by atoms with Crippen molar-refractivity contribution in [3.05, 3.63) is 70.8 Å². The number of hydrogen-bond donors (Lipinski definition) is 0. The van der Waals surface area contributed by atoms with E-state index in [2.05, 4.69) is 0 Å². The number of Topliss-reactive ketones (excluding diaryl/α,β-unsaturated/α-hetero) is 4. The van der Waals surface area contributed by atoms with E-state index in [-0.39, 0.29) is 18.2 Å². The summed E-state index contributed by atoms with van der Waals surface area (Å²) >= 11 is 0. The first kappa shape index (κ1) is 41.8. The van der Waals surface area contributed by atoms with Gasteiger partial charge in [0, 0.05) is 23.3 Å². The van der Waals surface area contributed by atoms with E-state index in [1.165, 1.54) is 0 Å². The van der Waals surface area contributed by atoms with Crippen LogP contribution in [0.25, 0.3) is 0 Å². The van der Waals surface area contributed by atoms with Gasteiger partial charge in [0.1, 0.15) is 23.3 Å². The summed E-state index contributed by atoms with van der Waals surface area (Å²) < 4.78 is 240. The summed E-state index contributed by atoms with van der Waals surface area (Å²) in [6, 6.07) is 1.71. The molecule has 0 aliphatic carbocycles. The predicted octanol–water partition coefficient (Wildman–Crippen LogP) is 8.22. The lowest BCUT2D eigenvalue weighted by molar-refractivity contribution is -0.388. The van der Waals surface area contributed by atoms with Crippen molar-refractivity contribution in [3.63, 3.8) is 0 Å². The highest BCUT2D eigenvalue weighted by molar-refractivity contribution is 6.11. The standard InChI is InChI=1S/C13H5F11O2.C12H6F8O2/c14-6-1-5(2-7(15)3-6)8(25)4-9(26)10(16,17)11(18,19)12(20,21)13(22,23)24;13-6-1-5(2-7(14)3-6)8(21)4-9(22)11(17,18)12(19,20)10(15)16/h1-3H,4H2;1-3,10H,4H2. The van der Waals surface area contributed by atoms with Crippen LogP contribution in [-0.2, 0) is 9.59 Å². The van der Waals surface area contributed by atoms with E-state index in [0.29, 0.717) is 18.2 Å². The lowest BCUT2D eigenvalue weighted by atomic mass is 9.95. The van der Waals surface area contributed by atoms with Gasteiger partial charge in [0.15, 0.2) is 11.6 Å². The molecule has 0 saturated heterocycles. The largest absolute Gasteiger partial charge is 0.460 e. The van der Waals surface area contributed by atoms with Crippen LogP contribution < -0.4 is 0 Å². The molecule has 23 heteroatoms. The van der Waals surface area contributed by atoms with Gasteiger partial charge in [0.25, 0.3) is 0 Å². The number of benzene rings is 2. The van der Waals surface area contributed by atoms with Crippen LogP contribution in [0.2, 0.25) is 0 Å². The molecule has 0 amide bonds. The van der Waals surface area contributed by atoms with Crippen molar-refractivity contribution in [3.8, 4) is 0 Å². The second-order valence-electron chi connectivity index (χ2n) is 9.08. The van der Waals surface area contributed by atoms with E-state index < -0.39 is 113 Å². The first-order chi connectivity index (χ1) is 21.3. The van der Waals surface area contributed by atoms with Gasteiger partial charge in [0.2, 0.25) is 11.6 Å². The van der Waals surface area contributed by atoms with Gasteiger partial charge in [-0.25, -0.2) is 26.3 Å². The van der Waals surface area contributed by atoms with Gasteiger partial charge in [-0.3, -0.25) is 19.2 Å². The topological polar surface area (TPSA) is 68.3 Å². The fraction of sp³-hybridized carbons (Fsp3) is 0.360. The van der Waals surface area contributed by atoms with E-state index in [1.54, 1.807) is 0 Å². The van der Waals surface area contributed by atoms with Crippen molar-refractivity contribution in [1.82, 2.24) is 0 Å². The van der Waals surface area contributed by atoms with Crippen LogP contribution in [0.1, 0.15) is 33.6 Å². The summed E-state index contributed by atoms with van der Waals surface area (Å²) in [5.41, 5.74) is -1.97. The quantitative estimate of drug-likeness (QED) is 0.125. The van der Waals surface area contributed by atoms with Crippen LogP contribution in [0, 0.1) is 23.3 Å². The molecule has 48 heavy (non-hydrogen) atoms. The van der Waals surface area contributed by atoms with Gasteiger partial charge in [0.05, 0.1) is 12.8 Å². The van der Waals surface area contributed by atoms with Gasteiger partial charge < -0.3 is 0 Å². The zero-order valence-corrected chi connectivity index (χ0v) is 22.3. The van der Waals surface area contributed by atoms with Crippen LogP contribution >= 0.6 is 0 Å². The zero-order chi connectivity index (χ0) is 38.0. The molecular formula is C25H11F19O4. The number of halogens is 19. The molecular weight excluding hydrogens is 725 g/mol. The number of alkyl halides is 15. The summed E-state index contributed by atoms with van der Waals surface area (Å²) in [4.78, 5) is 44.9. The Bertz CT molecular complexity index is 1510. The van der Waals surface area contributed by atoms with Gasteiger partial charge >= 0.3 is 42.2 Å². The van der Waals surface area contributed by atoms with Gasteiger partial charge in [-0.2, -0.15) is 57.1 Å². The fourth-order valence-corrected chi connectivity index (χ4v) is 3.02. The molecule has 0 aliphatic heterocycles. The summed E-state index contributed by atoms with van der Waals surface area (Å²) in [6.07, 6.45) is -16.2. The molecule has 2 aromatic rings. The third-order valence-electron chi connectivity index (χ3n) is 5.55. The fourth-order valence-electron chi connectivity index (χ4n) is 3.02. The molecule has 0 aromatic heterocycles. The van der Waals surface area contributed by atoms with E-state index in [4.69, 9.17) is 0 Å². The van der Waals surface area contributed by atoms with Crippen LogP contribution in [0.3, 0.4) is 0 Å². The van der Waals surface area contributed by atoms with Crippen LogP contribution in [0.15, 0.2) is 36.4 Å². The zero-order valence-electron chi connectivity index (χ0n) is 22.3. The predicted molar refractivity (Wildman–Crippen MR) is 117 cm³/mol. The molecule has 0 spiro atoms. The Kier molecular flexibility index (Phi) is 12.3. The first-order valence-electron chi connectivity index (χ1n) is 11.6. The summed E-state index contributed by atoms with van der Waals surface area (Å²) in [7, 11) is 0. The van der Waals surface area contributed by atoms with Crippen LogP contribution in [-0.4, -0.2) is 65.3 Å². The molecule has 2 aromatic carbocycles. The van der Waals surface area contributed by atoms with Crippen molar-refractivity contribution >= 4 is 23.1 Å².